The highest BCUT2D eigenvalue weighted by molar-refractivity contribution is 9.10. The average Bonchev–Trinajstić information content (AvgIpc) is 2.58. The van der Waals surface area contributed by atoms with E-state index in [1.54, 1.807) is 12.1 Å². The van der Waals surface area contributed by atoms with Crippen LogP contribution in [0.2, 0.25) is 0 Å². The van der Waals surface area contributed by atoms with E-state index in [-0.39, 0.29) is 11.9 Å². The molecule has 2 rings (SSSR count). The second-order valence-corrected chi connectivity index (χ2v) is 4.37. The summed E-state index contributed by atoms with van der Waals surface area (Å²) in [6.45, 7) is 1.02. The van der Waals surface area contributed by atoms with E-state index in [0.29, 0.717) is 13.1 Å². The van der Waals surface area contributed by atoms with Crippen molar-refractivity contribution in [3.05, 3.63) is 28.5 Å². The van der Waals surface area contributed by atoms with Gasteiger partial charge in [-0.15, -0.1) is 0 Å². The first-order valence-electron chi connectivity index (χ1n) is 4.67. The Bertz CT molecular complexity index is 361. The summed E-state index contributed by atoms with van der Waals surface area (Å²) in [5, 5.41) is 12.5. The monoisotopic (exact) mass is 275 g/mol. The fourth-order valence-electron chi connectivity index (χ4n) is 1.49. The number of benzene rings is 1. The van der Waals surface area contributed by atoms with Crippen LogP contribution in [0.3, 0.4) is 0 Å². The fraction of sp³-hybridized carbons (Fsp3) is 0.400. The number of hydrogen-bond donors (Lipinski definition) is 2. The van der Waals surface area contributed by atoms with Gasteiger partial charge in [0.1, 0.15) is 12.2 Å². The van der Waals surface area contributed by atoms with Gasteiger partial charge in [0.15, 0.2) is 11.6 Å². The van der Waals surface area contributed by atoms with Crippen molar-refractivity contribution in [3.8, 4) is 5.75 Å². The molecule has 2 N–H and O–H groups in total. The van der Waals surface area contributed by atoms with Gasteiger partial charge in [-0.1, -0.05) is 15.9 Å². The number of rotatable bonds is 2. The Labute approximate surface area is 95.4 Å². The van der Waals surface area contributed by atoms with Gasteiger partial charge in [0, 0.05) is 17.6 Å². The molecule has 2 atom stereocenters. The number of β-amino-alcohol motifs (C(OH)–C–C–N with tert-alkyl or cyclic N) is 1. The second-order valence-electron chi connectivity index (χ2n) is 3.46. The van der Waals surface area contributed by atoms with Gasteiger partial charge in [-0.2, -0.15) is 0 Å². The number of ether oxygens (including phenoxy) is 1. The molecule has 15 heavy (non-hydrogen) atoms. The Morgan fingerprint density at radius 3 is 2.93 bits per heavy atom. The first-order valence-corrected chi connectivity index (χ1v) is 5.46. The van der Waals surface area contributed by atoms with Gasteiger partial charge in [-0.3, -0.25) is 0 Å². The maximum Gasteiger partial charge on any atom is 0.165 e. The van der Waals surface area contributed by atoms with Gasteiger partial charge in [0.2, 0.25) is 0 Å². The van der Waals surface area contributed by atoms with Crippen LogP contribution in [0, 0.1) is 5.82 Å². The van der Waals surface area contributed by atoms with Gasteiger partial charge in [0.25, 0.3) is 0 Å². The molecule has 1 aliphatic rings. The van der Waals surface area contributed by atoms with Gasteiger partial charge >= 0.3 is 0 Å². The van der Waals surface area contributed by atoms with Crippen molar-refractivity contribution >= 4 is 15.9 Å². The first-order chi connectivity index (χ1) is 7.16. The first kappa shape index (κ1) is 10.9. The Morgan fingerprint density at radius 1 is 1.47 bits per heavy atom. The zero-order valence-electron chi connectivity index (χ0n) is 7.91. The van der Waals surface area contributed by atoms with Gasteiger partial charge in [-0.05, 0) is 18.2 Å². The average molecular weight is 276 g/mol. The van der Waals surface area contributed by atoms with E-state index in [9.17, 15) is 9.50 Å². The molecule has 1 fully saturated rings. The molecular formula is C10H11BrFNO2. The van der Waals surface area contributed by atoms with Crippen LogP contribution in [0.1, 0.15) is 0 Å². The third-order valence-corrected chi connectivity index (χ3v) is 2.79. The minimum absolute atomic E-state index is 0.164. The lowest BCUT2D eigenvalue weighted by molar-refractivity contribution is 0.0710. The van der Waals surface area contributed by atoms with E-state index in [0.717, 1.165) is 4.47 Å². The zero-order valence-corrected chi connectivity index (χ0v) is 9.50. The molecule has 0 bridgehead atoms. The molecule has 5 heteroatoms. The summed E-state index contributed by atoms with van der Waals surface area (Å²) in [6.07, 6.45) is -0.961. The highest BCUT2D eigenvalue weighted by Gasteiger charge is 2.27. The Balaban J connectivity index is 2.12. The molecule has 0 radical (unpaired) electrons. The predicted molar refractivity (Wildman–Crippen MR) is 57.4 cm³/mol. The van der Waals surface area contributed by atoms with E-state index in [4.69, 9.17) is 4.74 Å². The van der Waals surface area contributed by atoms with Crippen LogP contribution < -0.4 is 10.1 Å². The molecule has 1 aliphatic heterocycles. The van der Waals surface area contributed by atoms with Crippen molar-refractivity contribution in [2.75, 3.05) is 13.1 Å². The number of halogens is 2. The fourth-order valence-corrected chi connectivity index (χ4v) is 1.83. The molecule has 0 saturated carbocycles. The van der Waals surface area contributed by atoms with E-state index in [1.807, 2.05) is 0 Å². The van der Waals surface area contributed by atoms with Crippen LogP contribution in [0.25, 0.3) is 0 Å². The minimum atomic E-state index is -0.580. The highest BCUT2D eigenvalue weighted by atomic mass is 79.9. The third kappa shape index (κ3) is 2.48. The molecule has 1 heterocycles. The van der Waals surface area contributed by atoms with Crippen molar-refractivity contribution in [1.82, 2.24) is 5.32 Å². The van der Waals surface area contributed by atoms with Crippen molar-refractivity contribution in [2.45, 2.75) is 12.2 Å². The molecule has 0 amide bonds. The molecular weight excluding hydrogens is 265 g/mol. The normalized spacial score (nSPS) is 25.5. The molecule has 0 aromatic heterocycles. The van der Waals surface area contributed by atoms with Crippen LogP contribution in [0.5, 0.6) is 5.75 Å². The predicted octanol–water partition coefficient (Wildman–Crippen LogP) is 1.30. The van der Waals surface area contributed by atoms with Crippen LogP contribution in [-0.2, 0) is 0 Å². The number of nitrogens with one attached hydrogen (secondary N) is 1. The van der Waals surface area contributed by atoms with E-state index in [1.165, 1.54) is 6.07 Å². The van der Waals surface area contributed by atoms with Gasteiger partial charge < -0.3 is 15.2 Å². The summed E-state index contributed by atoms with van der Waals surface area (Å²) in [5.74, 6) is -0.255. The lowest BCUT2D eigenvalue weighted by atomic mass is 10.2. The van der Waals surface area contributed by atoms with Crippen LogP contribution in [-0.4, -0.2) is 30.4 Å². The van der Waals surface area contributed by atoms with Crippen molar-refractivity contribution in [1.29, 1.82) is 0 Å². The van der Waals surface area contributed by atoms with E-state index in [2.05, 4.69) is 21.2 Å². The minimum Gasteiger partial charge on any atom is -0.483 e. The number of aliphatic hydroxyl groups excluding tert-OH is 1. The van der Waals surface area contributed by atoms with Crippen LogP contribution >= 0.6 is 15.9 Å². The molecule has 0 spiro atoms. The quantitative estimate of drug-likeness (QED) is 0.855. The number of hydrogen-bond acceptors (Lipinski definition) is 3. The molecule has 1 aromatic carbocycles. The molecule has 1 saturated heterocycles. The topological polar surface area (TPSA) is 41.5 Å². The summed E-state index contributed by atoms with van der Waals surface area (Å²) in [4.78, 5) is 0. The molecule has 82 valence electrons. The lowest BCUT2D eigenvalue weighted by Gasteiger charge is -2.16. The molecule has 2 unspecified atom stereocenters. The summed E-state index contributed by atoms with van der Waals surface area (Å²) < 4.78 is 19.4. The Hall–Kier alpha value is -0.650. The standard InChI is InChI=1S/C10H11BrFNO2/c11-6-1-2-7(12)9(3-6)15-10-5-13-4-8(10)14/h1-3,8,10,13-14H,4-5H2. The molecule has 3 nitrogen and oxygen atoms in total. The summed E-state index contributed by atoms with van der Waals surface area (Å²) >= 11 is 3.24. The summed E-state index contributed by atoms with van der Waals surface area (Å²) in [6, 6.07) is 4.49. The molecule has 1 aromatic rings. The Morgan fingerprint density at radius 2 is 2.27 bits per heavy atom. The van der Waals surface area contributed by atoms with E-state index < -0.39 is 11.9 Å². The number of aliphatic hydroxyl groups is 1. The van der Waals surface area contributed by atoms with Crippen molar-refractivity contribution in [2.24, 2.45) is 0 Å². The summed E-state index contributed by atoms with van der Waals surface area (Å²) in [7, 11) is 0. The van der Waals surface area contributed by atoms with Crippen LogP contribution in [0.15, 0.2) is 22.7 Å². The van der Waals surface area contributed by atoms with Gasteiger partial charge in [0.05, 0.1) is 0 Å². The SMILES string of the molecule is OC1CNCC1Oc1cc(Br)ccc1F. The van der Waals surface area contributed by atoms with Crippen molar-refractivity contribution in [3.63, 3.8) is 0 Å². The van der Waals surface area contributed by atoms with Crippen molar-refractivity contribution < 1.29 is 14.2 Å². The smallest absolute Gasteiger partial charge is 0.165 e. The largest absolute Gasteiger partial charge is 0.483 e. The van der Waals surface area contributed by atoms with Gasteiger partial charge in [-0.25, -0.2) is 4.39 Å². The van der Waals surface area contributed by atoms with E-state index >= 15 is 0 Å². The highest BCUT2D eigenvalue weighted by Crippen LogP contribution is 2.24. The lowest BCUT2D eigenvalue weighted by Crippen LogP contribution is -2.30. The maximum atomic E-state index is 13.3. The second kappa shape index (κ2) is 4.47. The molecule has 0 aliphatic carbocycles. The maximum absolute atomic E-state index is 13.3. The van der Waals surface area contributed by atoms with Crippen LogP contribution in [0.4, 0.5) is 4.39 Å². The Kier molecular flexibility index (Phi) is 3.23. The summed E-state index contributed by atoms with van der Waals surface area (Å²) in [5.41, 5.74) is 0. The third-order valence-electron chi connectivity index (χ3n) is 2.30. The zero-order chi connectivity index (χ0) is 10.8.